The smallest absolute Gasteiger partial charge is 0.144 e. The second-order valence-corrected chi connectivity index (χ2v) is 10.1. The minimum absolute atomic E-state index is 0.632. The van der Waals surface area contributed by atoms with Gasteiger partial charge in [-0.05, 0) is 71.7 Å². The number of fused-ring (bicyclic) bond motifs is 3. The van der Waals surface area contributed by atoms with Gasteiger partial charge in [0.2, 0.25) is 0 Å². The zero-order valence-corrected chi connectivity index (χ0v) is 21.7. The van der Waals surface area contributed by atoms with Crippen LogP contribution in [0, 0.1) is 11.8 Å². The highest BCUT2D eigenvalue weighted by Gasteiger charge is 2.19. The van der Waals surface area contributed by atoms with Crippen LogP contribution in [0.15, 0.2) is 36.5 Å². The van der Waals surface area contributed by atoms with Crippen LogP contribution in [0.1, 0.15) is 90.2 Å². The molecule has 34 heavy (non-hydrogen) atoms. The lowest BCUT2D eigenvalue weighted by molar-refractivity contribution is 0.203. The summed E-state index contributed by atoms with van der Waals surface area (Å²) >= 11 is 0. The first-order valence-electron chi connectivity index (χ1n) is 13.7. The van der Waals surface area contributed by atoms with Crippen molar-refractivity contribution in [2.75, 3.05) is 13.2 Å². The summed E-state index contributed by atoms with van der Waals surface area (Å²) in [6.07, 6.45) is 15.2. The van der Waals surface area contributed by atoms with E-state index in [-0.39, 0.29) is 0 Å². The van der Waals surface area contributed by atoms with Gasteiger partial charge in [0.1, 0.15) is 11.5 Å². The highest BCUT2D eigenvalue weighted by molar-refractivity contribution is 6.01. The van der Waals surface area contributed by atoms with E-state index in [9.17, 15) is 0 Å². The Morgan fingerprint density at radius 1 is 0.824 bits per heavy atom. The summed E-state index contributed by atoms with van der Waals surface area (Å²) in [4.78, 5) is 3.44. The van der Waals surface area contributed by atoms with E-state index in [2.05, 4.69) is 63.0 Å². The van der Waals surface area contributed by atoms with Gasteiger partial charge in [-0.3, -0.25) is 0 Å². The third-order valence-electron chi connectivity index (χ3n) is 7.63. The van der Waals surface area contributed by atoms with Crippen molar-refractivity contribution in [3.63, 3.8) is 0 Å². The average molecular weight is 462 g/mol. The molecule has 0 saturated carbocycles. The fourth-order valence-electron chi connectivity index (χ4n) is 5.12. The van der Waals surface area contributed by atoms with Crippen molar-refractivity contribution < 1.29 is 9.47 Å². The first kappa shape index (κ1) is 24.7. The fraction of sp³-hybridized carbons (Fsp3) is 0.548. The van der Waals surface area contributed by atoms with Crippen molar-refractivity contribution in [2.45, 2.75) is 85.5 Å². The van der Waals surface area contributed by atoms with Gasteiger partial charge < -0.3 is 14.5 Å². The number of unbranched alkanes of at least 4 members (excludes halogenated alkanes) is 2. The van der Waals surface area contributed by atoms with Crippen molar-refractivity contribution in [3.8, 4) is 5.75 Å². The molecule has 184 valence electrons. The first-order valence-corrected chi connectivity index (χ1v) is 13.7. The van der Waals surface area contributed by atoms with E-state index in [1.807, 2.05) is 6.20 Å². The first-order chi connectivity index (χ1) is 16.7. The van der Waals surface area contributed by atoms with E-state index in [1.165, 1.54) is 78.7 Å². The molecule has 1 aliphatic carbocycles. The molecule has 1 aromatic heterocycles. The number of allylic oxidation sites excluding steroid dienone is 1. The molecule has 2 atom stereocenters. The number of nitrogens with one attached hydrogen (secondary N) is 1. The van der Waals surface area contributed by atoms with Gasteiger partial charge in [0.15, 0.2) is 0 Å². The maximum Gasteiger partial charge on any atom is 0.144 e. The minimum atomic E-state index is 0.632. The summed E-state index contributed by atoms with van der Waals surface area (Å²) in [7, 11) is 0. The molecule has 2 unspecified atom stereocenters. The van der Waals surface area contributed by atoms with Gasteiger partial charge in [-0.2, -0.15) is 0 Å². The normalized spacial score (nSPS) is 14.9. The standard InChI is InChI=1S/C31H43NO2/c1-5-9-11-22(7-3)20-33-30-14-13-24-15-25-17-28-29(18-26(25)16-27(24)30)32-19-31(28)34-21-23(8-4)12-10-6-2/h14-19,22-23,32H,5-13,20-21H2,1-4H3. The lowest BCUT2D eigenvalue weighted by Crippen LogP contribution is -2.11. The maximum absolute atomic E-state index is 6.35. The zero-order chi connectivity index (χ0) is 23.9. The van der Waals surface area contributed by atoms with E-state index >= 15 is 0 Å². The second-order valence-electron chi connectivity index (χ2n) is 10.1. The molecule has 3 nitrogen and oxygen atoms in total. The van der Waals surface area contributed by atoms with Crippen molar-refractivity contribution in [1.29, 1.82) is 0 Å². The van der Waals surface area contributed by atoms with Crippen LogP contribution in [-0.4, -0.2) is 18.2 Å². The molecule has 0 aliphatic heterocycles. The van der Waals surface area contributed by atoms with E-state index in [0.717, 1.165) is 36.7 Å². The predicted octanol–water partition coefficient (Wildman–Crippen LogP) is 9.05. The molecule has 4 rings (SSSR count). The summed E-state index contributed by atoms with van der Waals surface area (Å²) in [5.74, 6) is 3.33. The van der Waals surface area contributed by atoms with Gasteiger partial charge in [0, 0.05) is 22.7 Å². The van der Waals surface area contributed by atoms with Gasteiger partial charge in [-0.15, -0.1) is 0 Å². The lowest BCUT2D eigenvalue weighted by atomic mass is 9.99. The largest absolute Gasteiger partial charge is 0.493 e. The molecule has 1 heterocycles. The van der Waals surface area contributed by atoms with Crippen LogP contribution in [0.3, 0.4) is 0 Å². The molecule has 0 saturated heterocycles. The lowest BCUT2D eigenvalue weighted by Gasteiger charge is -2.17. The molecule has 0 spiro atoms. The van der Waals surface area contributed by atoms with Crippen molar-refractivity contribution >= 4 is 27.4 Å². The predicted molar refractivity (Wildman–Crippen MR) is 146 cm³/mol. The summed E-state index contributed by atoms with van der Waals surface area (Å²) in [6, 6.07) is 9.21. The molecule has 0 bridgehead atoms. The number of rotatable bonds is 14. The minimum Gasteiger partial charge on any atom is -0.493 e. The number of hydrogen-bond donors (Lipinski definition) is 1. The highest BCUT2D eigenvalue weighted by Crippen LogP contribution is 2.36. The van der Waals surface area contributed by atoms with Gasteiger partial charge in [0.25, 0.3) is 0 Å². The summed E-state index contributed by atoms with van der Waals surface area (Å²) in [5, 5.41) is 3.71. The summed E-state index contributed by atoms with van der Waals surface area (Å²) in [6.45, 7) is 10.7. The number of ether oxygens (including phenoxy) is 2. The molecule has 3 heteroatoms. The number of aromatic nitrogens is 1. The third-order valence-corrected chi connectivity index (χ3v) is 7.63. The molecule has 0 fully saturated rings. The molecule has 1 N–H and O–H groups in total. The Morgan fingerprint density at radius 3 is 2.18 bits per heavy atom. The number of aromatic amines is 1. The van der Waals surface area contributed by atoms with Crippen LogP contribution < -0.4 is 4.74 Å². The number of benzene rings is 2. The van der Waals surface area contributed by atoms with Gasteiger partial charge in [-0.1, -0.05) is 72.3 Å². The van der Waals surface area contributed by atoms with Gasteiger partial charge in [-0.25, -0.2) is 0 Å². The Kier molecular flexibility index (Phi) is 8.59. The van der Waals surface area contributed by atoms with Gasteiger partial charge in [0.05, 0.1) is 13.2 Å². The average Bonchev–Trinajstić information content (AvgIpc) is 3.44. The van der Waals surface area contributed by atoms with Crippen LogP contribution in [-0.2, 0) is 11.2 Å². The van der Waals surface area contributed by atoms with E-state index in [1.54, 1.807) is 0 Å². The van der Waals surface area contributed by atoms with E-state index < -0.39 is 0 Å². The Morgan fingerprint density at radius 2 is 1.50 bits per heavy atom. The van der Waals surface area contributed by atoms with Crippen LogP contribution in [0.5, 0.6) is 5.75 Å². The van der Waals surface area contributed by atoms with Gasteiger partial charge >= 0.3 is 0 Å². The van der Waals surface area contributed by atoms with Crippen molar-refractivity contribution in [1.82, 2.24) is 4.98 Å². The molecule has 1 aliphatic rings. The van der Waals surface area contributed by atoms with Crippen LogP contribution in [0.25, 0.3) is 27.4 Å². The van der Waals surface area contributed by atoms with Crippen LogP contribution in [0.2, 0.25) is 0 Å². The third kappa shape index (κ3) is 5.62. The Bertz CT molecular complexity index is 1110. The zero-order valence-electron chi connectivity index (χ0n) is 21.7. The summed E-state index contributed by atoms with van der Waals surface area (Å²) in [5.41, 5.74) is 3.77. The van der Waals surface area contributed by atoms with Crippen LogP contribution >= 0.6 is 0 Å². The second kappa shape index (κ2) is 11.8. The van der Waals surface area contributed by atoms with Crippen molar-refractivity contribution in [3.05, 3.63) is 47.7 Å². The van der Waals surface area contributed by atoms with Crippen molar-refractivity contribution in [2.24, 2.45) is 11.8 Å². The molecular formula is C31H43NO2. The Labute approximate surface area is 205 Å². The van der Waals surface area contributed by atoms with E-state index in [4.69, 9.17) is 9.47 Å². The highest BCUT2D eigenvalue weighted by atomic mass is 16.5. The Hall–Kier alpha value is -2.42. The topological polar surface area (TPSA) is 34.2 Å². The molecule has 3 aromatic rings. The maximum atomic E-state index is 6.35. The summed E-state index contributed by atoms with van der Waals surface area (Å²) < 4.78 is 12.6. The monoisotopic (exact) mass is 461 g/mol. The number of H-pyrrole nitrogens is 1. The molecule has 0 amide bonds. The fourth-order valence-corrected chi connectivity index (χ4v) is 5.12. The Balaban J connectivity index is 1.50. The SMILES string of the molecule is CCCCC(CC)COC1=CCc2cc3cc4c(OCC(CC)CCCC)c[nH]c4cc3cc21. The number of hydrogen-bond acceptors (Lipinski definition) is 2. The molecular weight excluding hydrogens is 418 g/mol. The molecule has 2 aromatic carbocycles. The van der Waals surface area contributed by atoms with Crippen LogP contribution in [0.4, 0.5) is 0 Å². The quantitative estimate of drug-likeness (QED) is 0.260. The molecule has 0 radical (unpaired) electrons. The van der Waals surface area contributed by atoms with E-state index in [0.29, 0.717) is 11.8 Å².